The van der Waals surface area contributed by atoms with E-state index in [1.165, 1.54) is 0 Å². The van der Waals surface area contributed by atoms with Crippen molar-refractivity contribution in [3.63, 3.8) is 0 Å². The summed E-state index contributed by atoms with van der Waals surface area (Å²) in [5.74, 6) is -0.498. The zero-order valence-corrected chi connectivity index (χ0v) is 13.8. The summed E-state index contributed by atoms with van der Waals surface area (Å²) in [7, 11) is 0. The highest BCUT2D eigenvalue weighted by Gasteiger charge is 2.44. The number of alkyl halides is 2. The summed E-state index contributed by atoms with van der Waals surface area (Å²) in [4.78, 5) is 19.0. The minimum Gasteiger partial charge on any atom is -0.351 e. The van der Waals surface area contributed by atoms with Gasteiger partial charge in [0.25, 0.3) is 11.2 Å². The van der Waals surface area contributed by atoms with Crippen LogP contribution in [0.5, 0.6) is 0 Å². The molecule has 0 aliphatic carbocycles. The van der Waals surface area contributed by atoms with Crippen molar-refractivity contribution in [2.24, 2.45) is 0 Å². The Morgan fingerprint density at radius 3 is 2.86 bits per heavy atom. The van der Waals surface area contributed by atoms with Crippen molar-refractivity contribution in [3.8, 4) is 0 Å². The van der Waals surface area contributed by atoms with Gasteiger partial charge in [0.05, 0.1) is 0 Å². The maximum Gasteiger partial charge on any atom is 0.287 e. The third-order valence-electron chi connectivity index (χ3n) is 3.82. The Hall–Kier alpha value is -0.850. The molecule has 0 saturated carbocycles. The number of carbonyl (C=O) groups excluding carboxylic acids is 1. The van der Waals surface area contributed by atoms with Crippen LogP contribution < -0.4 is 5.48 Å². The first-order valence-corrected chi connectivity index (χ1v) is 8.10. The topological polar surface area (TPSA) is 61.8 Å². The summed E-state index contributed by atoms with van der Waals surface area (Å²) >= 11 is 12.3. The highest BCUT2D eigenvalue weighted by atomic mass is 35.5. The van der Waals surface area contributed by atoms with Gasteiger partial charge in [0.15, 0.2) is 0 Å². The zero-order valence-electron chi connectivity index (χ0n) is 12.3. The number of nitrogens with zero attached hydrogens (tertiary/aromatic N) is 1. The summed E-state index contributed by atoms with van der Waals surface area (Å²) in [5.41, 5.74) is 2.55. The molecular weight excluding hydrogens is 327 g/mol. The lowest BCUT2D eigenvalue weighted by Gasteiger charge is -2.33. The van der Waals surface area contributed by atoms with Crippen LogP contribution >= 0.6 is 23.2 Å². The third-order valence-corrected chi connectivity index (χ3v) is 4.83. The van der Waals surface area contributed by atoms with E-state index in [9.17, 15) is 9.90 Å². The standard InChI is InChI=1S/C15H20Cl2N2O3/c1-2-19-10-6-9-12(19)13(16)15(17,21)22-18-14(20)11-7-4-3-5-8-11/h3-5,7-8,12-13,21H,2,6,9-10H2,1H3,(H,18,20)/t12-,13-,15-/m0/s1. The first-order valence-electron chi connectivity index (χ1n) is 7.28. The van der Waals surface area contributed by atoms with Crippen molar-refractivity contribution >= 4 is 29.1 Å². The van der Waals surface area contributed by atoms with Crippen LogP contribution in [0, 0.1) is 0 Å². The van der Waals surface area contributed by atoms with E-state index < -0.39 is 16.5 Å². The Morgan fingerprint density at radius 1 is 1.55 bits per heavy atom. The van der Waals surface area contributed by atoms with Crippen LogP contribution in [0.4, 0.5) is 0 Å². The Balaban J connectivity index is 1.94. The van der Waals surface area contributed by atoms with Crippen molar-refractivity contribution in [2.45, 2.75) is 36.4 Å². The fourth-order valence-corrected chi connectivity index (χ4v) is 3.15. The Morgan fingerprint density at radius 2 is 2.23 bits per heavy atom. The van der Waals surface area contributed by atoms with E-state index in [1.807, 2.05) is 6.92 Å². The van der Waals surface area contributed by atoms with Gasteiger partial charge >= 0.3 is 0 Å². The van der Waals surface area contributed by atoms with Gasteiger partial charge in [0.2, 0.25) is 0 Å². The lowest BCUT2D eigenvalue weighted by Crippen LogP contribution is -2.51. The largest absolute Gasteiger partial charge is 0.351 e. The molecule has 0 spiro atoms. The van der Waals surface area contributed by atoms with E-state index in [0.29, 0.717) is 5.56 Å². The van der Waals surface area contributed by atoms with E-state index in [4.69, 9.17) is 28.0 Å². The number of likely N-dealkylation sites (tertiary alicyclic amines) is 1. The molecule has 22 heavy (non-hydrogen) atoms. The molecule has 0 radical (unpaired) electrons. The van der Waals surface area contributed by atoms with E-state index in [1.54, 1.807) is 30.3 Å². The quantitative estimate of drug-likeness (QED) is 0.471. The first kappa shape index (κ1) is 17.5. The summed E-state index contributed by atoms with van der Waals surface area (Å²) in [6, 6.07) is 8.40. The van der Waals surface area contributed by atoms with Crippen LogP contribution in [0.3, 0.4) is 0 Å². The minimum atomic E-state index is -2.17. The molecule has 5 nitrogen and oxygen atoms in total. The monoisotopic (exact) mass is 346 g/mol. The molecule has 122 valence electrons. The van der Waals surface area contributed by atoms with Gasteiger partial charge in [-0.15, -0.1) is 11.6 Å². The average Bonchev–Trinajstić information content (AvgIpc) is 3.01. The molecule has 2 N–H and O–H groups in total. The number of hydroxylamine groups is 1. The number of hydrogen-bond acceptors (Lipinski definition) is 4. The van der Waals surface area contributed by atoms with Gasteiger partial charge in [0.1, 0.15) is 5.38 Å². The second kappa shape index (κ2) is 7.62. The molecule has 1 aromatic rings. The number of aliphatic hydroxyl groups is 1. The number of benzene rings is 1. The molecule has 1 aromatic carbocycles. The highest BCUT2D eigenvalue weighted by molar-refractivity contribution is 6.31. The fraction of sp³-hybridized carbons (Fsp3) is 0.533. The number of halogens is 2. The Kier molecular flexibility index (Phi) is 6.06. The predicted molar refractivity (Wildman–Crippen MR) is 85.7 cm³/mol. The van der Waals surface area contributed by atoms with Crippen molar-refractivity contribution in [3.05, 3.63) is 35.9 Å². The van der Waals surface area contributed by atoms with Crippen LogP contribution in [-0.4, -0.2) is 45.7 Å². The van der Waals surface area contributed by atoms with Crippen LogP contribution in [-0.2, 0) is 4.84 Å². The fourth-order valence-electron chi connectivity index (χ4n) is 2.64. The molecule has 1 aliphatic heterocycles. The van der Waals surface area contributed by atoms with E-state index >= 15 is 0 Å². The molecule has 1 heterocycles. The summed E-state index contributed by atoms with van der Waals surface area (Å²) in [6.07, 6.45) is 1.82. The van der Waals surface area contributed by atoms with Gasteiger partial charge in [-0.2, -0.15) is 0 Å². The van der Waals surface area contributed by atoms with Crippen molar-refractivity contribution < 1.29 is 14.7 Å². The number of nitrogens with one attached hydrogen (secondary N) is 1. The SMILES string of the molecule is CCN1CCC[C@H]1[C@H](Cl)[C@@](O)(Cl)ONC(=O)c1ccccc1. The molecule has 3 atom stereocenters. The molecule has 7 heteroatoms. The smallest absolute Gasteiger partial charge is 0.287 e. The van der Waals surface area contributed by atoms with Gasteiger partial charge in [0, 0.05) is 11.6 Å². The van der Waals surface area contributed by atoms with Crippen LogP contribution in [0.15, 0.2) is 30.3 Å². The second-order valence-electron chi connectivity index (χ2n) is 5.25. The predicted octanol–water partition coefficient (Wildman–Crippen LogP) is 2.32. The molecule has 0 aromatic heterocycles. The van der Waals surface area contributed by atoms with Gasteiger partial charge < -0.3 is 5.11 Å². The van der Waals surface area contributed by atoms with Crippen LogP contribution in [0.2, 0.25) is 0 Å². The van der Waals surface area contributed by atoms with Gasteiger partial charge in [-0.1, -0.05) is 36.7 Å². The summed E-state index contributed by atoms with van der Waals surface area (Å²) in [5, 5.41) is 7.18. The van der Waals surface area contributed by atoms with Crippen molar-refractivity contribution in [2.75, 3.05) is 13.1 Å². The molecule has 1 saturated heterocycles. The van der Waals surface area contributed by atoms with Gasteiger partial charge in [-0.3, -0.25) is 9.69 Å². The summed E-state index contributed by atoms with van der Waals surface area (Å²) < 4.78 is 0. The molecule has 1 fully saturated rings. The molecule has 0 bridgehead atoms. The Bertz CT molecular complexity index is 499. The van der Waals surface area contributed by atoms with E-state index in [0.717, 1.165) is 25.9 Å². The number of rotatable bonds is 6. The zero-order chi connectivity index (χ0) is 16.2. The van der Waals surface area contributed by atoms with Crippen molar-refractivity contribution in [1.82, 2.24) is 10.4 Å². The molecule has 1 aliphatic rings. The van der Waals surface area contributed by atoms with E-state index in [-0.39, 0.29) is 6.04 Å². The maximum atomic E-state index is 11.9. The van der Waals surface area contributed by atoms with E-state index in [2.05, 4.69) is 10.4 Å². The maximum absolute atomic E-state index is 11.9. The molecule has 0 unspecified atom stereocenters. The first-order chi connectivity index (χ1) is 10.5. The molecule has 2 rings (SSSR count). The number of hydrogen-bond donors (Lipinski definition) is 2. The lowest BCUT2D eigenvalue weighted by atomic mass is 10.1. The lowest BCUT2D eigenvalue weighted by molar-refractivity contribution is -0.176. The average molecular weight is 347 g/mol. The van der Waals surface area contributed by atoms with Crippen LogP contribution in [0.1, 0.15) is 30.1 Å². The van der Waals surface area contributed by atoms with Gasteiger partial charge in [-0.05, 0) is 38.1 Å². The van der Waals surface area contributed by atoms with Crippen molar-refractivity contribution in [1.29, 1.82) is 0 Å². The minimum absolute atomic E-state index is 0.0946. The normalized spacial score (nSPS) is 23.0. The third kappa shape index (κ3) is 4.12. The highest BCUT2D eigenvalue weighted by Crippen LogP contribution is 2.32. The second-order valence-corrected chi connectivity index (χ2v) is 6.26. The molecular formula is C15H20Cl2N2O3. The summed E-state index contributed by atoms with van der Waals surface area (Å²) in [6.45, 7) is 3.75. The van der Waals surface area contributed by atoms with Crippen LogP contribution in [0.25, 0.3) is 0 Å². The number of amides is 1. The van der Waals surface area contributed by atoms with Gasteiger partial charge in [-0.25, -0.2) is 10.3 Å². The molecule has 1 amide bonds. The Labute approximate surface area is 140 Å². The number of carbonyl (C=O) groups is 1.